The van der Waals surface area contributed by atoms with Gasteiger partial charge >= 0.3 is 5.97 Å². The molecular weight excluding hydrogens is 299 g/mol. The van der Waals surface area contributed by atoms with E-state index in [-0.39, 0.29) is 11.9 Å². The Labute approximate surface area is 93.7 Å². The summed E-state index contributed by atoms with van der Waals surface area (Å²) in [4.78, 5) is 11.4. The van der Waals surface area contributed by atoms with E-state index in [0.29, 0.717) is 18.4 Å². The third-order valence-electron chi connectivity index (χ3n) is 3.91. The highest BCUT2D eigenvalue weighted by Gasteiger charge is 2.58. The summed E-state index contributed by atoms with van der Waals surface area (Å²) < 4.78 is 5.14. The zero-order valence-electron chi connectivity index (χ0n) is 7.11. The maximum absolute atomic E-state index is 11.4. The summed E-state index contributed by atoms with van der Waals surface area (Å²) in [5.74, 6) is 2.36. The highest BCUT2D eigenvalue weighted by atomic mass is 127. The Morgan fingerprint density at radius 1 is 1.38 bits per heavy atom. The fraction of sp³-hybridized carbons (Fsp3) is 0.889. The Bertz CT molecular complexity index is 256. The van der Waals surface area contributed by atoms with Crippen LogP contribution in [0.1, 0.15) is 12.8 Å². The van der Waals surface area contributed by atoms with Crippen LogP contribution in [0.5, 0.6) is 0 Å². The fourth-order valence-corrected chi connectivity index (χ4v) is 5.92. The molecule has 13 heavy (non-hydrogen) atoms. The number of ether oxygens (including phenoxy) is 1. The molecule has 2 nitrogen and oxygen atoms in total. The summed E-state index contributed by atoms with van der Waals surface area (Å²) in [6.45, 7) is 0.707. The minimum absolute atomic E-state index is 0.0920. The van der Waals surface area contributed by atoms with Crippen molar-refractivity contribution in [2.24, 2.45) is 23.7 Å². The van der Waals surface area contributed by atoms with Crippen molar-refractivity contribution >= 4 is 36.1 Å². The van der Waals surface area contributed by atoms with Crippen molar-refractivity contribution in [2.75, 3.05) is 6.61 Å². The number of esters is 1. The summed E-state index contributed by atoms with van der Waals surface area (Å²) in [5.41, 5.74) is 0. The number of carbonyl (C=O) groups excluding carboxylic acids is 1. The van der Waals surface area contributed by atoms with Crippen LogP contribution in [0.25, 0.3) is 0 Å². The van der Waals surface area contributed by atoms with Gasteiger partial charge in [-0.05, 0) is 45.9 Å². The Balaban J connectivity index is 1.87. The summed E-state index contributed by atoms with van der Waals surface area (Å²) >= 11 is 2.40. The number of fused-ring (bicyclic) bond motifs is 5. The monoisotopic (exact) mass is 310 g/mol. The predicted molar refractivity (Wildman–Crippen MR) is 59.6 cm³/mol. The minimum atomic E-state index is 0.0920. The number of hydrogen-bond acceptors (Lipinski definition) is 3. The Hall–Kier alpha value is 0.550. The second-order valence-electron chi connectivity index (χ2n) is 4.34. The second kappa shape index (κ2) is 3.02. The number of halogens is 1. The molecule has 0 spiro atoms. The molecule has 1 saturated heterocycles. The number of carbonyl (C=O) groups is 1. The first kappa shape index (κ1) is 8.83. The van der Waals surface area contributed by atoms with Crippen LogP contribution in [0.2, 0.25) is 0 Å². The molecule has 3 rings (SSSR count). The van der Waals surface area contributed by atoms with E-state index in [0.717, 1.165) is 11.2 Å². The largest absolute Gasteiger partial charge is 0.465 e. The van der Waals surface area contributed by atoms with Gasteiger partial charge in [0.05, 0.1) is 12.5 Å². The molecule has 2 aliphatic carbocycles. The van der Waals surface area contributed by atoms with Gasteiger partial charge in [0.2, 0.25) is 0 Å². The average molecular weight is 310 g/mol. The highest BCUT2D eigenvalue weighted by Crippen LogP contribution is 2.58. The maximum Gasteiger partial charge on any atom is 0.309 e. The molecule has 0 aromatic rings. The maximum atomic E-state index is 11.4. The fourth-order valence-electron chi connectivity index (χ4n) is 3.40. The van der Waals surface area contributed by atoms with Crippen LogP contribution in [0.4, 0.5) is 0 Å². The van der Waals surface area contributed by atoms with E-state index >= 15 is 0 Å². The quantitative estimate of drug-likeness (QED) is 0.549. The summed E-state index contributed by atoms with van der Waals surface area (Å²) in [6, 6.07) is 0. The molecule has 72 valence electrons. The van der Waals surface area contributed by atoms with Gasteiger partial charge < -0.3 is 4.74 Å². The van der Waals surface area contributed by atoms with Crippen LogP contribution in [-0.2, 0) is 9.53 Å². The van der Waals surface area contributed by atoms with Crippen LogP contribution < -0.4 is 0 Å². The van der Waals surface area contributed by atoms with Crippen LogP contribution >= 0.6 is 30.1 Å². The molecular formula is C9H11IO2S. The molecule has 1 heterocycles. The lowest BCUT2D eigenvalue weighted by Gasteiger charge is -2.26. The van der Waals surface area contributed by atoms with Gasteiger partial charge in [0.25, 0.3) is 0 Å². The molecule has 2 saturated carbocycles. The van der Waals surface area contributed by atoms with E-state index in [1.165, 1.54) is 12.8 Å². The van der Waals surface area contributed by atoms with Crippen molar-refractivity contribution in [2.45, 2.75) is 18.1 Å². The lowest BCUT2D eigenvalue weighted by Crippen LogP contribution is -2.29. The third-order valence-corrected chi connectivity index (χ3v) is 6.64. The first-order valence-electron chi connectivity index (χ1n) is 4.75. The Morgan fingerprint density at radius 2 is 2.23 bits per heavy atom. The standard InChI is InChI=1S/C9H11IO2S/c10-13-7-2-4-1-5(7)6-3-12-9(11)8(4)6/h4-8H,1-3H2. The van der Waals surface area contributed by atoms with Crippen molar-refractivity contribution in [3.05, 3.63) is 0 Å². The van der Waals surface area contributed by atoms with Gasteiger partial charge in [-0.3, -0.25) is 4.79 Å². The number of cyclic esters (lactones) is 1. The molecule has 3 fully saturated rings. The van der Waals surface area contributed by atoms with Gasteiger partial charge in [0.1, 0.15) is 0 Å². The lowest BCUT2D eigenvalue weighted by molar-refractivity contribution is -0.142. The zero-order chi connectivity index (χ0) is 9.00. The van der Waals surface area contributed by atoms with Gasteiger partial charge in [-0.25, -0.2) is 0 Å². The smallest absolute Gasteiger partial charge is 0.309 e. The first-order valence-corrected chi connectivity index (χ1v) is 8.17. The third kappa shape index (κ3) is 1.11. The van der Waals surface area contributed by atoms with Crippen LogP contribution in [0.15, 0.2) is 0 Å². The summed E-state index contributed by atoms with van der Waals surface area (Å²) in [6.07, 6.45) is 2.53. The molecule has 3 aliphatic rings. The first-order chi connectivity index (χ1) is 6.31. The summed E-state index contributed by atoms with van der Waals surface area (Å²) in [7, 11) is 1.95. The Kier molecular flexibility index (Phi) is 2.05. The average Bonchev–Trinajstić information content (AvgIpc) is 2.76. The number of hydrogen-bond donors (Lipinski definition) is 0. The van der Waals surface area contributed by atoms with E-state index in [2.05, 4.69) is 21.2 Å². The molecule has 5 atom stereocenters. The van der Waals surface area contributed by atoms with Gasteiger partial charge in [-0.15, -0.1) is 0 Å². The minimum Gasteiger partial charge on any atom is -0.465 e. The number of rotatable bonds is 1. The molecule has 5 unspecified atom stereocenters. The molecule has 0 aromatic heterocycles. The zero-order valence-corrected chi connectivity index (χ0v) is 10.1. The molecule has 2 bridgehead atoms. The molecule has 0 aromatic carbocycles. The van der Waals surface area contributed by atoms with Gasteiger partial charge in [0, 0.05) is 11.2 Å². The van der Waals surface area contributed by atoms with Gasteiger partial charge in [-0.1, -0.05) is 8.93 Å². The van der Waals surface area contributed by atoms with E-state index < -0.39 is 0 Å². The van der Waals surface area contributed by atoms with E-state index in [4.69, 9.17) is 4.74 Å². The predicted octanol–water partition coefficient (Wildman–Crippen LogP) is 2.27. The van der Waals surface area contributed by atoms with Gasteiger partial charge in [-0.2, -0.15) is 0 Å². The van der Waals surface area contributed by atoms with Crippen molar-refractivity contribution in [3.63, 3.8) is 0 Å². The second-order valence-corrected chi connectivity index (χ2v) is 6.65. The van der Waals surface area contributed by atoms with E-state index in [9.17, 15) is 4.79 Å². The Morgan fingerprint density at radius 3 is 3.00 bits per heavy atom. The summed E-state index contributed by atoms with van der Waals surface area (Å²) in [5, 5.41) is 0.793. The van der Waals surface area contributed by atoms with E-state index in [1.807, 2.05) is 8.93 Å². The van der Waals surface area contributed by atoms with Crippen molar-refractivity contribution in [3.8, 4) is 0 Å². The lowest BCUT2D eigenvalue weighted by atomic mass is 9.81. The highest BCUT2D eigenvalue weighted by molar-refractivity contribution is 14.2. The van der Waals surface area contributed by atoms with E-state index in [1.54, 1.807) is 0 Å². The van der Waals surface area contributed by atoms with Crippen molar-refractivity contribution in [1.82, 2.24) is 0 Å². The SMILES string of the molecule is O=C1OCC2C3CC(CC3SI)C12. The molecule has 0 amide bonds. The molecule has 1 aliphatic heterocycles. The molecule has 0 radical (unpaired) electrons. The van der Waals surface area contributed by atoms with Crippen molar-refractivity contribution < 1.29 is 9.53 Å². The van der Waals surface area contributed by atoms with Crippen molar-refractivity contribution in [1.29, 1.82) is 0 Å². The molecule has 4 heteroatoms. The van der Waals surface area contributed by atoms with Crippen LogP contribution in [0.3, 0.4) is 0 Å². The van der Waals surface area contributed by atoms with Gasteiger partial charge in [0.15, 0.2) is 0 Å². The van der Waals surface area contributed by atoms with Crippen LogP contribution in [0, 0.1) is 23.7 Å². The van der Waals surface area contributed by atoms with Crippen LogP contribution in [-0.4, -0.2) is 17.8 Å². The molecule has 0 N–H and O–H groups in total. The normalized spacial score (nSPS) is 52.4. The topological polar surface area (TPSA) is 26.3 Å².